The summed E-state index contributed by atoms with van der Waals surface area (Å²) < 4.78 is 0. The third kappa shape index (κ3) is 3.38. The Labute approximate surface area is 102 Å². The summed E-state index contributed by atoms with van der Waals surface area (Å²) in [5.41, 5.74) is 0. The molecule has 0 aliphatic rings. The van der Waals surface area contributed by atoms with E-state index in [0.29, 0.717) is 5.13 Å². The summed E-state index contributed by atoms with van der Waals surface area (Å²) in [7, 11) is 1.41. The van der Waals surface area contributed by atoms with E-state index in [0.717, 1.165) is 16.3 Å². The second-order valence-corrected chi connectivity index (χ2v) is 4.47. The molecule has 0 saturated heterocycles. The molecule has 1 unspecified atom stereocenters. The van der Waals surface area contributed by atoms with E-state index in [4.69, 9.17) is 5.11 Å². The van der Waals surface area contributed by atoms with Crippen LogP contribution < -0.4 is 5.32 Å². The Morgan fingerprint density at radius 3 is 2.65 bits per heavy atom. The van der Waals surface area contributed by atoms with Gasteiger partial charge in [0.15, 0.2) is 0 Å². The van der Waals surface area contributed by atoms with Crippen molar-refractivity contribution in [3.8, 4) is 0 Å². The second kappa shape index (κ2) is 5.58. The fourth-order valence-electron chi connectivity index (χ4n) is 0.968. The molecule has 0 saturated carbocycles. The molecule has 0 aliphatic heterocycles. The summed E-state index contributed by atoms with van der Waals surface area (Å²) in [5.74, 6) is -1.06. The first-order chi connectivity index (χ1) is 7.95. The molecule has 0 spiro atoms. The number of amides is 2. The van der Waals surface area contributed by atoms with Crippen molar-refractivity contribution in [1.82, 2.24) is 15.1 Å². The molecule has 0 aromatic carbocycles. The van der Waals surface area contributed by atoms with E-state index in [1.165, 1.54) is 25.3 Å². The minimum absolute atomic E-state index is 0.372. The monoisotopic (exact) mass is 258 g/mol. The van der Waals surface area contributed by atoms with Crippen LogP contribution in [0.25, 0.3) is 0 Å². The summed E-state index contributed by atoms with van der Waals surface area (Å²) in [6.45, 7) is 3.37. The van der Waals surface area contributed by atoms with Crippen LogP contribution in [-0.2, 0) is 11.2 Å². The zero-order chi connectivity index (χ0) is 13.0. The van der Waals surface area contributed by atoms with Crippen LogP contribution in [0.15, 0.2) is 0 Å². The molecule has 0 radical (unpaired) electrons. The van der Waals surface area contributed by atoms with Gasteiger partial charge < -0.3 is 10.0 Å². The highest BCUT2D eigenvalue weighted by Gasteiger charge is 2.22. The first kappa shape index (κ1) is 13.4. The molecule has 7 nitrogen and oxygen atoms in total. The number of nitrogens with zero attached hydrogens (tertiary/aromatic N) is 3. The Balaban J connectivity index is 2.62. The third-order valence-corrected chi connectivity index (χ3v) is 3.22. The first-order valence-corrected chi connectivity index (χ1v) is 5.86. The summed E-state index contributed by atoms with van der Waals surface area (Å²) in [6, 6.07) is -1.41. The molecule has 2 amide bonds. The lowest BCUT2D eigenvalue weighted by Gasteiger charge is -2.20. The molecule has 1 rings (SSSR count). The van der Waals surface area contributed by atoms with Gasteiger partial charge in [0.25, 0.3) is 0 Å². The molecular weight excluding hydrogens is 244 g/mol. The number of hydrogen-bond acceptors (Lipinski definition) is 5. The number of nitrogens with one attached hydrogen (secondary N) is 1. The maximum Gasteiger partial charge on any atom is 0.326 e. The standard InChI is InChI=1S/C9H14N4O3S/c1-4-6-11-12-8(17-6)10-9(16)13(3)5(2)7(14)15/h5H,4H2,1-3H3,(H,14,15)(H,10,12,16). The molecule has 0 bridgehead atoms. The summed E-state index contributed by atoms with van der Waals surface area (Å²) in [4.78, 5) is 23.4. The lowest BCUT2D eigenvalue weighted by molar-refractivity contribution is -0.141. The number of rotatable bonds is 4. The molecule has 1 heterocycles. The normalized spacial score (nSPS) is 11.9. The van der Waals surface area contributed by atoms with E-state index in [2.05, 4.69) is 15.5 Å². The Morgan fingerprint density at radius 2 is 2.18 bits per heavy atom. The zero-order valence-corrected chi connectivity index (χ0v) is 10.6. The Kier molecular flexibility index (Phi) is 4.38. The van der Waals surface area contributed by atoms with Gasteiger partial charge in [-0.3, -0.25) is 5.32 Å². The van der Waals surface area contributed by atoms with Gasteiger partial charge in [-0.2, -0.15) is 0 Å². The van der Waals surface area contributed by atoms with E-state index in [1.54, 1.807) is 0 Å². The molecule has 1 aromatic rings. The van der Waals surface area contributed by atoms with Crippen molar-refractivity contribution >= 4 is 28.5 Å². The van der Waals surface area contributed by atoms with Crippen LogP contribution in [-0.4, -0.2) is 45.3 Å². The lowest BCUT2D eigenvalue weighted by atomic mass is 10.3. The average Bonchev–Trinajstić information content (AvgIpc) is 2.74. The highest BCUT2D eigenvalue weighted by Crippen LogP contribution is 2.15. The molecular formula is C9H14N4O3S. The number of carbonyl (C=O) groups is 2. The Bertz CT molecular complexity index is 420. The topological polar surface area (TPSA) is 95.4 Å². The van der Waals surface area contributed by atoms with Gasteiger partial charge in [0, 0.05) is 7.05 Å². The van der Waals surface area contributed by atoms with Gasteiger partial charge in [0.1, 0.15) is 11.0 Å². The van der Waals surface area contributed by atoms with Gasteiger partial charge in [0.05, 0.1) is 0 Å². The number of aromatic nitrogens is 2. The number of aryl methyl sites for hydroxylation is 1. The zero-order valence-electron chi connectivity index (χ0n) is 9.80. The van der Waals surface area contributed by atoms with Crippen molar-refractivity contribution < 1.29 is 14.7 Å². The maximum atomic E-state index is 11.6. The van der Waals surface area contributed by atoms with Crippen LogP contribution in [0.5, 0.6) is 0 Å². The summed E-state index contributed by atoms with van der Waals surface area (Å²) >= 11 is 1.27. The number of carboxylic acid groups (broad SMARTS) is 1. The lowest BCUT2D eigenvalue weighted by Crippen LogP contribution is -2.42. The SMILES string of the molecule is CCc1nnc(NC(=O)N(C)C(C)C(=O)O)s1. The molecule has 8 heteroatoms. The van der Waals surface area contributed by atoms with E-state index >= 15 is 0 Å². The predicted octanol–water partition coefficient (Wildman–Crippen LogP) is 1.04. The average molecular weight is 258 g/mol. The minimum Gasteiger partial charge on any atom is -0.480 e. The Morgan fingerprint density at radius 1 is 1.53 bits per heavy atom. The van der Waals surface area contributed by atoms with Crippen LogP contribution in [0.2, 0.25) is 0 Å². The van der Waals surface area contributed by atoms with E-state index in [1.807, 2.05) is 6.92 Å². The van der Waals surface area contributed by atoms with Crippen molar-refractivity contribution in [3.63, 3.8) is 0 Å². The van der Waals surface area contributed by atoms with Crippen LogP contribution in [0.1, 0.15) is 18.9 Å². The van der Waals surface area contributed by atoms with Crippen molar-refractivity contribution in [2.24, 2.45) is 0 Å². The number of likely N-dealkylation sites (N-methyl/N-ethyl adjacent to an activating group) is 1. The van der Waals surface area contributed by atoms with E-state index in [-0.39, 0.29) is 0 Å². The fraction of sp³-hybridized carbons (Fsp3) is 0.556. The van der Waals surface area contributed by atoms with Crippen molar-refractivity contribution in [3.05, 3.63) is 5.01 Å². The van der Waals surface area contributed by atoms with Crippen LogP contribution in [0, 0.1) is 0 Å². The molecule has 0 fully saturated rings. The summed E-state index contributed by atoms with van der Waals surface area (Å²) in [5, 5.41) is 20.1. The van der Waals surface area contributed by atoms with E-state index < -0.39 is 18.0 Å². The number of anilines is 1. The molecule has 94 valence electrons. The van der Waals surface area contributed by atoms with Gasteiger partial charge in [0.2, 0.25) is 5.13 Å². The van der Waals surface area contributed by atoms with Crippen molar-refractivity contribution in [2.45, 2.75) is 26.3 Å². The number of aliphatic carboxylic acids is 1. The maximum absolute atomic E-state index is 11.6. The van der Waals surface area contributed by atoms with Crippen molar-refractivity contribution in [1.29, 1.82) is 0 Å². The number of carbonyl (C=O) groups excluding carboxylic acids is 1. The molecule has 0 aliphatic carbocycles. The number of urea groups is 1. The third-order valence-electron chi connectivity index (χ3n) is 2.24. The highest BCUT2D eigenvalue weighted by molar-refractivity contribution is 7.15. The smallest absolute Gasteiger partial charge is 0.326 e. The highest BCUT2D eigenvalue weighted by atomic mass is 32.1. The predicted molar refractivity (Wildman–Crippen MR) is 63.2 cm³/mol. The van der Waals surface area contributed by atoms with Gasteiger partial charge in [-0.05, 0) is 13.3 Å². The van der Waals surface area contributed by atoms with Gasteiger partial charge >= 0.3 is 12.0 Å². The number of carboxylic acids is 1. The van der Waals surface area contributed by atoms with Gasteiger partial charge in [-0.25, -0.2) is 9.59 Å². The molecule has 17 heavy (non-hydrogen) atoms. The minimum atomic E-state index is -1.06. The quantitative estimate of drug-likeness (QED) is 0.841. The van der Waals surface area contributed by atoms with Crippen LogP contribution in [0.4, 0.5) is 9.93 Å². The summed E-state index contributed by atoms with van der Waals surface area (Å²) in [6.07, 6.45) is 0.745. The van der Waals surface area contributed by atoms with E-state index in [9.17, 15) is 9.59 Å². The van der Waals surface area contributed by atoms with Gasteiger partial charge in [-0.15, -0.1) is 10.2 Å². The van der Waals surface area contributed by atoms with Crippen LogP contribution in [0.3, 0.4) is 0 Å². The second-order valence-electron chi connectivity index (χ2n) is 3.41. The fourth-order valence-corrected chi connectivity index (χ4v) is 1.64. The first-order valence-electron chi connectivity index (χ1n) is 5.04. The van der Waals surface area contributed by atoms with Crippen molar-refractivity contribution in [2.75, 3.05) is 12.4 Å². The molecule has 1 atom stereocenters. The molecule has 2 N–H and O–H groups in total. The van der Waals surface area contributed by atoms with Gasteiger partial charge in [-0.1, -0.05) is 18.3 Å². The molecule has 1 aromatic heterocycles. The van der Waals surface area contributed by atoms with Crippen LogP contribution >= 0.6 is 11.3 Å². The largest absolute Gasteiger partial charge is 0.480 e. The Hall–Kier alpha value is -1.70. The number of hydrogen-bond donors (Lipinski definition) is 2.